The van der Waals surface area contributed by atoms with Crippen LogP contribution < -0.4 is 10.6 Å². The van der Waals surface area contributed by atoms with Crippen molar-refractivity contribution >= 4 is 25.0 Å². The van der Waals surface area contributed by atoms with Gasteiger partial charge in [0.1, 0.15) is 11.6 Å². The van der Waals surface area contributed by atoms with Crippen LogP contribution in [-0.4, -0.2) is 85.0 Å². The molecule has 0 bridgehead atoms. The summed E-state index contributed by atoms with van der Waals surface area (Å²) in [6.45, 7) is 14.8. The van der Waals surface area contributed by atoms with E-state index in [1.807, 2.05) is 45.9 Å². The maximum Gasteiger partial charge on any atom is 0.481 e. The van der Waals surface area contributed by atoms with E-state index in [9.17, 15) is 14.4 Å². The molecule has 222 valence electrons. The van der Waals surface area contributed by atoms with Crippen molar-refractivity contribution in [3.8, 4) is 0 Å². The molecule has 10 nitrogen and oxygen atoms in total. The minimum Gasteiger partial charge on any atom is -0.444 e. The van der Waals surface area contributed by atoms with Gasteiger partial charge in [-0.1, -0.05) is 30.3 Å². The molecule has 1 aromatic rings. The van der Waals surface area contributed by atoms with Crippen LogP contribution in [0.5, 0.6) is 0 Å². The first-order valence-electron chi connectivity index (χ1n) is 14.2. The lowest BCUT2D eigenvalue weighted by molar-refractivity contribution is -0.138. The summed E-state index contributed by atoms with van der Waals surface area (Å²) in [5.74, 6) is -1.23. The molecular weight excluding hydrogens is 513 g/mol. The van der Waals surface area contributed by atoms with Gasteiger partial charge >= 0.3 is 13.2 Å². The van der Waals surface area contributed by atoms with Crippen molar-refractivity contribution in [2.24, 2.45) is 0 Å². The maximum absolute atomic E-state index is 13.7. The number of nitrogens with one attached hydrogen (secondary N) is 2. The van der Waals surface area contributed by atoms with E-state index < -0.39 is 47.9 Å². The van der Waals surface area contributed by atoms with Gasteiger partial charge in [0.05, 0.1) is 36.8 Å². The van der Waals surface area contributed by atoms with E-state index >= 15 is 0 Å². The molecule has 0 saturated carbocycles. The van der Waals surface area contributed by atoms with E-state index in [4.69, 9.17) is 18.8 Å². The molecule has 0 aliphatic carbocycles. The van der Waals surface area contributed by atoms with Gasteiger partial charge in [0.15, 0.2) is 0 Å². The molecule has 0 spiro atoms. The lowest BCUT2D eigenvalue weighted by Crippen LogP contribution is -2.56. The Kier molecular flexibility index (Phi) is 10.7. The van der Waals surface area contributed by atoms with Crippen molar-refractivity contribution in [2.45, 2.75) is 103 Å². The Morgan fingerprint density at radius 1 is 1.00 bits per heavy atom. The Morgan fingerprint density at radius 3 is 2.17 bits per heavy atom. The van der Waals surface area contributed by atoms with E-state index in [-0.39, 0.29) is 12.3 Å². The maximum atomic E-state index is 13.7. The molecule has 3 rings (SSSR count). The largest absolute Gasteiger partial charge is 0.481 e. The summed E-state index contributed by atoms with van der Waals surface area (Å²) in [6.07, 6.45) is 1.20. The second-order valence-corrected chi connectivity index (χ2v) is 12.5. The number of aryl methyl sites for hydroxylation is 1. The average molecular weight is 560 g/mol. The fourth-order valence-corrected chi connectivity index (χ4v) is 4.56. The molecule has 1 aromatic carbocycles. The molecule has 2 aliphatic heterocycles. The van der Waals surface area contributed by atoms with E-state index in [1.54, 1.807) is 25.7 Å². The van der Waals surface area contributed by atoms with Crippen molar-refractivity contribution in [2.75, 3.05) is 26.3 Å². The van der Waals surface area contributed by atoms with E-state index in [0.717, 1.165) is 12.8 Å². The summed E-state index contributed by atoms with van der Waals surface area (Å²) < 4.78 is 23.3. The topological polar surface area (TPSA) is 115 Å². The van der Waals surface area contributed by atoms with Gasteiger partial charge in [-0.15, -0.1) is 0 Å². The van der Waals surface area contributed by atoms with Crippen molar-refractivity contribution in [3.05, 3.63) is 35.9 Å². The van der Waals surface area contributed by atoms with Gasteiger partial charge in [0.25, 0.3) is 0 Å². The third kappa shape index (κ3) is 9.21. The van der Waals surface area contributed by atoms with Crippen LogP contribution in [0.3, 0.4) is 0 Å². The number of amides is 3. The first-order valence-corrected chi connectivity index (χ1v) is 14.2. The third-order valence-electron chi connectivity index (χ3n) is 7.50. The Balaban J connectivity index is 1.76. The number of ether oxygens (including phenoxy) is 2. The van der Waals surface area contributed by atoms with Crippen LogP contribution in [-0.2, 0) is 34.8 Å². The van der Waals surface area contributed by atoms with Crippen LogP contribution in [0.1, 0.15) is 73.3 Å². The Hall–Kier alpha value is -2.63. The predicted molar refractivity (Wildman–Crippen MR) is 153 cm³/mol. The summed E-state index contributed by atoms with van der Waals surface area (Å²) in [5, 5.41) is 5.66. The van der Waals surface area contributed by atoms with Crippen LogP contribution in [0.15, 0.2) is 30.3 Å². The summed E-state index contributed by atoms with van der Waals surface area (Å²) in [4.78, 5) is 41.1. The lowest BCUT2D eigenvalue weighted by atomic mass is 9.75. The molecule has 2 atom stereocenters. The summed E-state index contributed by atoms with van der Waals surface area (Å²) >= 11 is 0. The van der Waals surface area contributed by atoms with Gasteiger partial charge < -0.3 is 34.3 Å². The standard InChI is InChI=1S/C29H46BN3O7/c1-27(2,3)38-26(36)31-22(20-24(34)33-16-18-37-19-17-33)25(35)32-23(15-11-14-21-12-9-8-10-13-21)30-39-28(4,5)29(6,7)40-30/h8-10,12-13,22-23H,11,14-20H2,1-7H3,(H,31,36)(H,32,35)/t22-,23+/m1/s1. The van der Waals surface area contributed by atoms with Gasteiger partial charge in [0.2, 0.25) is 11.8 Å². The van der Waals surface area contributed by atoms with Crippen LogP contribution >= 0.6 is 0 Å². The summed E-state index contributed by atoms with van der Waals surface area (Å²) in [5.41, 5.74) is -0.731. The molecule has 0 radical (unpaired) electrons. The van der Waals surface area contributed by atoms with Gasteiger partial charge in [-0.2, -0.15) is 0 Å². The number of alkyl carbamates (subject to hydrolysis) is 1. The Labute approximate surface area is 239 Å². The molecule has 2 N–H and O–H groups in total. The van der Waals surface area contributed by atoms with E-state index in [2.05, 4.69) is 22.8 Å². The number of hydrogen-bond acceptors (Lipinski definition) is 7. The van der Waals surface area contributed by atoms with Gasteiger partial charge in [-0.05, 0) is 73.3 Å². The minimum atomic E-state index is -1.13. The highest BCUT2D eigenvalue weighted by atomic mass is 16.7. The number of carbonyl (C=O) groups excluding carboxylic acids is 3. The molecule has 11 heteroatoms. The molecule has 2 saturated heterocycles. The number of rotatable bonds is 10. The van der Waals surface area contributed by atoms with E-state index in [1.165, 1.54) is 5.56 Å². The summed E-state index contributed by atoms with van der Waals surface area (Å²) in [6, 6.07) is 8.99. The van der Waals surface area contributed by atoms with Crippen molar-refractivity contribution in [1.82, 2.24) is 15.5 Å². The van der Waals surface area contributed by atoms with Crippen LogP contribution in [0.2, 0.25) is 0 Å². The van der Waals surface area contributed by atoms with Crippen molar-refractivity contribution < 1.29 is 33.2 Å². The Morgan fingerprint density at radius 2 is 1.60 bits per heavy atom. The molecule has 40 heavy (non-hydrogen) atoms. The monoisotopic (exact) mass is 559 g/mol. The van der Waals surface area contributed by atoms with Crippen LogP contribution in [0.25, 0.3) is 0 Å². The third-order valence-corrected chi connectivity index (χ3v) is 7.50. The van der Waals surface area contributed by atoms with Gasteiger partial charge in [0, 0.05) is 13.1 Å². The highest BCUT2D eigenvalue weighted by Crippen LogP contribution is 2.38. The zero-order valence-electron chi connectivity index (χ0n) is 25.1. The molecule has 2 heterocycles. The fraction of sp³-hybridized carbons (Fsp3) is 0.690. The second kappa shape index (κ2) is 13.4. The molecule has 0 unspecified atom stereocenters. The number of benzene rings is 1. The number of morpholine rings is 1. The molecule has 0 aromatic heterocycles. The number of hydrogen-bond donors (Lipinski definition) is 2. The molecule has 2 aliphatic rings. The lowest BCUT2D eigenvalue weighted by Gasteiger charge is -2.32. The van der Waals surface area contributed by atoms with Gasteiger partial charge in [-0.3, -0.25) is 9.59 Å². The smallest absolute Gasteiger partial charge is 0.444 e. The van der Waals surface area contributed by atoms with Gasteiger partial charge in [-0.25, -0.2) is 4.79 Å². The highest BCUT2D eigenvalue weighted by molar-refractivity contribution is 6.48. The summed E-state index contributed by atoms with van der Waals surface area (Å²) in [7, 11) is -0.693. The number of carbonyl (C=O) groups is 3. The first kappa shape index (κ1) is 31.9. The molecular formula is C29H46BN3O7. The van der Waals surface area contributed by atoms with Crippen LogP contribution in [0, 0.1) is 0 Å². The van der Waals surface area contributed by atoms with Crippen molar-refractivity contribution in [1.29, 1.82) is 0 Å². The highest BCUT2D eigenvalue weighted by Gasteiger charge is 2.54. The average Bonchev–Trinajstić information content (AvgIpc) is 3.09. The Bertz CT molecular complexity index is 991. The minimum absolute atomic E-state index is 0.203. The zero-order chi connectivity index (χ0) is 29.6. The van der Waals surface area contributed by atoms with E-state index in [0.29, 0.717) is 32.7 Å². The normalized spacial score (nSPS) is 20.0. The SMILES string of the molecule is CC(C)(C)OC(=O)N[C@H](CC(=O)N1CCOCC1)C(=O)N[C@@H](CCCc1ccccc1)B1OC(C)(C)C(C)(C)O1. The predicted octanol–water partition coefficient (Wildman–Crippen LogP) is 3.27. The second-order valence-electron chi connectivity index (χ2n) is 12.5. The van der Waals surface area contributed by atoms with Crippen molar-refractivity contribution in [3.63, 3.8) is 0 Å². The first-order chi connectivity index (χ1) is 18.7. The fourth-order valence-electron chi connectivity index (χ4n) is 4.56. The number of nitrogens with zero attached hydrogens (tertiary/aromatic N) is 1. The van der Waals surface area contributed by atoms with Crippen LogP contribution in [0.4, 0.5) is 4.79 Å². The quantitative estimate of drug-likeness (QED) is 0.423. The molecule has 3 amide bonds. The molecule has 2 fully saturated rings. The zero-order valence-corrected chi connectivity index (χ0v) is 25.1.